The van der Waals surface area contributed by atoms with Crippen LogP contribution in [0.4, 0.5) is 5.82 Å². The summed E-state index contributed by atoms with van der Waals surface area (Å²) >= 11 is 12.4. The summed E-state index contributed by atoms with van der Waals surface area (Å²) in [5, 5.41) is 0.825. The van der Waals surface area contributed by atoms with Crippen LogP contribution in [0.2, 0.25) is 10.0 Å². The van der Waals surface area contributed by atoms with E-state index < -0.39 is 0 Å². The first-order valence-electron chi connectivity index (χ1n) is 8.40. The highest BCUT2D eigenvalue weighted by atomic mass is 35.5. The molecule has 0 bridgehead atoms. The van der Waals surface area contributed by atoms with Crippen molar-refractivity contribution in [3.8, 4) is 0 Å². The van der Waals surface area contributed by atoms with Crippen molar-refractivity contribution < 1.29 is 4.74 Å². The third kappa shape index (κ3) is 3.30. The molecule has 0 unspecified atom stereocenters. The van der Waals surface area contributed by atoms with Crippen molar-refractivity contribution in [3.63, 3.8) is 0 Å². The van der Waals surface area contributed by atoms with Crippen LogP contribution in [0.15, 0.2) is 47.3 Å². The molecule has 0 amide bonds. The molecule has 26 heavy (non-hydrogen) atoms. The standard InChI is InChI=1S/C19H17Cl2N3O2/c20-14-10-16-17(11-15(14)21)24(12-13-4-2-1-3-5-13)19(25)18(22-16)23-6-8-26-9-7-23/h1-5,10-11H,6-9,12H2. The van der Waals surface area contributed by atoms with Crippen LogP contribution in [0, 0.1) is 0 Å². The number of ether oxygens (including phenoxy) is 1. The van der Waals surface area contributed by atoms with E-state index in [1.807, 2.05) is 35.2 Å². The van der Waals surface area contributed by atoms with E-state index in [1.54, 1.807) is 16.7 Å². The zero-order chi connectivity index (χ0) is 18.1. The van der Waals surface area contributed by atoms with Crippen molar-refractivity contribution in [1.82, 2.24) is 9.55 Å². The number of hydrogen-bond donors (Lipinski definition) is 0. The van der Waals surface area contributed by atoms with E-state index in [0.717, 1.165) is 5.56 Å². The van der Waals surface area contributed by atoms with Crippen LogP contribution in [-0.2, 0) is 11.3 Å². The summed E-state index contributed by atoms with van der Waals surface area (Å²) in [7, 11) is 0. The Labute approximate surface area is 160 Å². The van der Waals surface area contributed by atoms with Crippen molar-refractivity contribution in [1.29, 1.82) is 0 Å². The van der Waals surface area contributed by atoms with E-state index in [4.69, 9.17) is 27.9 Å². The van der Waals surface area contributed by atoms with Gasteiger partial charge < -0.3 is 9.64 Å². The summed E-state index contributed by atoms with van der Waals surface area (Å²) < 4.78 is 7.11. The Bertz CT molecular complexity index is 999. The Morgan fingerprint density at radius 2 is 1.73 bits per heavy atom. The van der Waals surface area contributed by atoms with Gasteiger partial charge in [-0.15, -0.1) is 0 Å². The first-order valence-corrected chi connectivity index (χ1v) is 9.15. The summed E-state index contributed by atoms with van der Waals surface area (Å²) in [6.07, 6.45) is 0. The number of anilines is 1. The minimum atomic E-state index is -0.137. The summed E-state index contributed by atoms with van der Waals surface area (Å²) in [6, 6.07) is 13.3. The maximum atomic E-state index is 13.2. The average Bonchev–Trinajstić information content (AvgIpc) is 2.67. The lowest BCUT2D eigenvalue weighted by Gasteiger charge is -2.28. The van der Waals surface area contributed by atoms with E-state index in [0.29, 0.717) is 59.7 Å². The molecule has 4 rings (SSSR count). The molecule has 1 aromatic heterocycles. The molecule has 1 fully saturated rings. The lowest BCUT2D eigenvalue weighted by atomic mass is 10.2. The predicted octanol–water partition coefficient (Wildman–Crippen LogP) is 3.59. The smallest absolute Gasteiger partial charge is 0.294 e. The largest absolute Gasteiger partial charge is 0.378 e. The Hall–Kier alpha value is -2.08. The number of morpholine rings is 1. The second kappa shape index (κ2) is 7.27. The highest BCUT2D eigenvalue weighted by molar-refractivity contribution is 6.42. The summed E-state index contributed by atoms with van der Waals surface area (Å²) in [5.41, 5.74) is 2.21. The Morgan fingerprint density at radius 1 is 1.04 bits per heavy atom. The van der Waals surface area contributed by atoms with Gasteiger partial charge in [0.2, 0.25) is 0 Å². The van der Waals surface area contributed by atoms with Crippen LogP contribution in [0.5, 0.6) is 0 Å². The summed E-state index contributed by atoms with van der Waals surface area (Å²) in [5.74, 6) is 0.426. The zero-order valence-electron chi connectivity index (χ0n) is 14.0. The van der Waals surface area contributed by atoms with Gasteiger partial charge in [0.05, 0.1) is 40.8 Å². The number of fused-ring (bicyclic) bond motifs is 1. The molecule has 134 valence electrons. The molecular formula is C19H17Cl2N3O2. The van der Waals surface area contributed by atoms with Crippen LogP contribution >= 0.6 is 23.2 Å². The molecule has 0 atom stereocenters. The number of aromatic nitrogens is 2. The van der Waals surface area contributed by atoms with Crippen molar-refractivity contribution in [2.45, 2.75) is 6.54 Å². The number of hydrogen-bond acceptors (Lipinski definition) is 4. The Kier molecular flexibility index (Phi) is 4.85. The molecule has 0 saturated carbocycles. The monoisotopic (exact) mass is 389 g/mol. The minimum Gasteiger partial charge on any atom is -0.378 e. The third-order valence-electron chi connectivity index (χ3n) is 4.47. The van der Waals surface area contributed by atoms with Gasteiger partial charge in [-0.05, 0) is 17.7 Å². The fourth-order valence-corrected chi connectivity index (χ4v) is 3.44. The fraction of sp³-hybridized carbons (Fsp3) is 0.263. The maximum absolute atomic E-state index is 13.2. The van der Waals surface area contributed by atoms with Gasteiger partial charge in [0.25, 0.3) is 5.56 Å². The Morgan fingerprint density at radius 3 is 2.46 bits per heavy atom. The predicted molar refractivity (Wildman–Crippen MR) is 105 cm³/mol. The van der Waals surface area contributed by atoms with E-state index >= 15 is 0 Å². The molecule has 5 nitrogen and oxygen atoms in total. The molecule has 0 spiro atoms. The molecule has 1 aliphatic rings. The minimum absolute atomic E-state index is 0.137. The molecule has 2 heterocycles. The second-order valence-corrected chi connectivity index (χ2v) is 6.98. The number of rotatable bonds is 3. The first-order chi connectivity index (χ1) is 12.6. The van der Waals surface area contributed by atoms with E-state index in [2.05, 4.69) is 4.98 Å². The van der Waals surface area contributed by atoms with Crippen molar-refractivity contribution in [2.75, 3.05) is 31.2 Å². The van der Waals surface area contributed by atoms with Gasteiger partial charge in [0.1, 0.15) is 0 Å². The highest BCUT2D eigenvalue weighted by Gasteiger charge is 2.20. The van der Waals surface area contributed by atoms with Crippen LogP contribution in [0.25, 0.3) is 11.0 Å². The quantitative estimate of drug-likeness (QED) is 0.686. The van der Waals surface area contributed by atoms with E-state index in [-0.39, 0.29) is 5.56 Å². The summed E-state index contributed by atoms with van der Waals surface area (Å²) in [4.78, 5) is 19.8. The SMILES string of the molecule is O=c1c(N2CCOCC2)nc2cc(Cl)c(Cl)cc2n1Cc1ccccc1. The lowest BCUT2D eigenvalue weighted by Crippen LogP contribution is -2.41. The molecule has 1 saturated heterocycles. The van der Waals surface area contributed by atoms with E-state index in [1.165, 1.54) is 0 Å². The molecule has 7 heteroatoms. The van der Waals surface area contributed by atoms with Crippen LogP contribution in [0.3, 0.4) is 0 Å². The van der Waals surface area contributed by atoms with Gasteiger partial charge in [0, 0.05) is 13.1 Å². The van der Waals surface area contributed by atoms with Gasteiger partial charge in [0.15, 0.2) is 5.82 Å². The van der Waals surface area contributed by atoms with Gasteiger partial charge in [-0.1, -0.05) is 53.5 Å². The molecule has 2 aromatic carbocycles. The van der Waals surface area contributed by atoms with Crippen LogP contribution in [0.1, 0.15) is 5.56 Å². The maximum Gasteiger partial charge on any atom is 0.294 e. The molecular weight excluding hydrogens is 373 g/mol. The number of halogens is 2. The van der Waals surface area contributed by atoms with Gasteiger partial charge in [-0.2, -0.15) is 0 Å². The molecule has 0 aliphatic carbocycles. The van der Waals surface area contributed by atoms with E-state index in [9.17, 15) is 4.79 Å². The molecule has 1 aliphatic heterocycles. The molecule has 0 N–H and O–H groups in total. The van der Waals surface area contributed by atoms with Crippen molar-refractivity contribution in [2.24, 2.45) is 0 Å². The summed E-state index contributed by atoms with van der Waals surface area (Å²) in [6.45, 7) is 2.88. The topological polar surface area (TPSA) is 47.4 Å². The van der Waals surface area contributed by atoms with Crippen molar-refractivity contribution >= 4 is 40.1 Å². The van der Waals surface area contributed by atoms with Crippen LogP contribution in [-0.4, -0.2) is 35.9 Å². The third-order valence-corrected chi connectivity index (χ3v) is 5.19. The number of benzene rings is 2. The number of nitrogens with zero attached hydrogens (tertiary/aromatic N) is 3. The normalized spacial score (nSPS) is 14.8. The Balaban J connectivity index is 1.92. The first kappa shape index (κ1) is 17.3. The molecule has 0 radical (unpaired) electrons. The average molecular weight is 390 g/mol. The van der Waals surface area contributed by atoms with Gasteiger partial charge in [-0.3, -0.25) is 9.36 Å². The van der Waals surface area contributed by atoms with Crippen molar-refractivity contribution in [3.05, 3.63) is 68.4 Å². The van der Waals surface area contributed by atoms with Crippen LogP contribution < -0.4 is 10.5 Å². The van der Waals surface area contributed by atoms with Gasteiger partial charge in [-0.25, -0.2) is 4.98 Å². The zero-order valence-corrected chi connectivity index (χ0v) is 15.5. The lowest BCUT2D eigenvalue weighted by molar-refractivity contribution is 0.122. The molecule has 3 aromatic rings. The highest BCUT2D eigenvalue weighted by Crippen LogP contribution is 2.27. The fourth-order valence-electron chi connectivity index (χ4n) is 3.13. The van der Waals surface area contributed by atoms with Gasteiger partial charge >= 0.3 is 0 Å². The second-order valence-electron chi connectivity index (χ2n) is 6.17.